The van der Waals surface area contributed by atoms with E-state index in [1.807, 2.05) is 29.6 Å². The molecule has 0 bridgehead atoms. The first-order valence-corrected chi connectivity index (χ1v) is 11.0. The lowest BCUT2D eigenvalue weighted by Gasteiger charge is -2.12. The summed E-state index contributed by atoms with van der Waals surface area (Å²) in [6, 6.07) is 19.4. The zero-order valence-corrected chi connectivity index (χ0v) is 18.6. The van der Waals surface area contributed by atoms with Crippen molar-refractivity contribution < 1.29 is 23.4 Å². The van der Waals surface area contributed by atoms with Crippen LogP contribution in [0, 0.1) is 0 Å². The fourth-order valence-electron chi connectivity index (χ4n) is 3.65. The summed E-state index contributed by atoms with van der Waals surface area (Å²) in [6.07, 6.45) is 0. The molecule has 164 valence electrons. The van der Waals surface area contributed by atoms with Gasteiger partial charge in [0.1, 0.15) is 5.58 Å². The second kappa shape index (κ2) is 8.44. The number of hydrogen-bond donors (Lipinski definition) is 0. The van der Waals surface area contributed by atoms with Gasteiger partial charge in [0.25, 0.3) is 0 Å². The maximum atomic E-state index is 13.6. The van der Waals surface area contributed by atoms with Gasteiger partial charge in [-0.25, -0.2) is 4.79 Å². The Balaban J connectivity index is 1.78. The van der Waals surface area contributed by atoms with E-state index in [-0.39, 0.29) is 16.9 Å². The van der Waals surface area contributed by atoms with Gasteiger partial charge >= 0.3 is 5.97 Å². The first kappa shape index (κ1) is 20.8. The Labute approximate surface area is 192 Å². The number of hydrogen-bond acceptors (Lipinski definition) is 7. The maximum absolute atomic E-state index is 13.6. The predicted octanol–water partition coefficient (Wildman–Crippen LogP) is 5.91. The van der Waals surface area contributed by atoms with Gasteiger partial charge in [-0.1, -0.05) is 36.4 Å². The number of methoxy groups -OCH3 is 2. The minimum atomic E-state index is -0.650. The lowest BCUT2D eigenvalue weighted by atomic mass is 10.1. The molecular formula is C26H18O6S. The maximum Gasteiger partial charge on any atom is 0.343 e. The molecule has 0 amide bonds. The quantitative estimate of drug-likeness (QED) is 0.305. The average Bonchev–Trinajstić information content (AvgIpc) is 3.29. The molecule has 2 heterocycles. The van der Waals surface area contributed by atoms with Crippen molar-refractivity contribution >= 4 is 38.4 Å². The van der Waals surface area contributed by atoms with Crippen molar-refractivity contribution in [3.63, 3.8) is 0 Å². The van der Waals surface area contributed by atoms with Crippen LogP contribution in [0.2, 0.25) is 0 Å². The molecule has 0 spiro atoms. The van der Waals surface area contributed by atoms with Crippen LogP contribution in [0.5, 0.6) is 17.2 Å². The topological polar surface area (TPSA) is 75.0 Å². The van der Waals surface area contributed by atoms with E-state index in [1.54, 1.807) is 36.4 Å². The summed E-state index contributed by atoms with van der Waals surface area (Å²) >= 11 is 1.51. The normalized spacial score (nSPS) is 11.0. The Morgan fingerprint density at radius 3 is 2.33 bits per heavy atom. The van der Waals surface area contributed by atoms with Gasteiger partial charge in [0, 0.05) is 27.1 Å². The fourth-order valence-corrected chi connectivity index (χ4v) is 4.59. The first-order chi connectivity index (χ1) is 16.1. The third-order valence-corrected chi connectivity index (χ3v) is 6.25. The smallest absolute Gasteiger partial charge is 0.343 e. The molecule has 6 nitrogen and oxygen atoms in total. The molecule has 0 fully saturated rings. The van der Waals surface area contributed by atoms with E-state index in [9.17, 15) is 9.59 Å². The summed E-state index contributed by atoms with van der Waals surface area (Å²) in [6.45, 7) is 0. The molecule has 33 heavy (non-hydrogen) atoms. The fraction of sp³-hybridized carbons (Fsp3) is 0.0769. The number of esters is 1. The second-order valence-corrected chi connectivity index (χ2v) is 8.11. The molecule has 2 aromatic heterocycles. The summed E-state index contributed by atoms with van der Waals surface area (Å²) in [4.78, 5) is 26.5. The molecule has 5 aromatic rings. The van der Waals surface area contributed by atoms with E-state index in [0.717, 1.165) is 10.1 Å². The minimum absolute atomic E-state index is 0.174. The number of carbonyl (C=O) groups is 1. The molecule has 0 radical (unpaired) electrons. The van der Waals surface area contributed by atoms with E-state index in [0.29, 0.717) is 28.2 Å². The van der Waals surface area contributed by atoms with Crippen molar-refractivity contribution in [1.29, 1.82) is 0 Å². The summed E-state index contributed by atoms with van der Waals surface area (Å²) in [5.74, 6) is 0.145. The molecule has 0 unspecified atom stereocenters. The van der Waals surface area contributed by atoms with E-state index in [4.69, 9.17) is 18.6 Å². The van der Waals surface area contributed by atoms with Crippen LogP contribution in [0.3, 0.4) is 0 Å². The number of rotatable bonds is 5. The highest BCUT2D eigenvalue weighted by Gasteiger charge is 2.24. The van der Waals surface area contributed by atoms with Gasteiger partial charge in [-0.3, -0.25) is 4.79 Å². The Kier molecular flexibility index (Phi) is 5.32. The highest BCUT2D eigenvalue weighted by molar-refractivity contribution is 7.17. The van der Waals surface area contributed by atoms with Crippen LogP contribution >= 0.6 is 11.3 Å². The number of ether oxygens (including phenoxy) is 3. The highest BCUT2D eigenvalue weighted by Crippen LogP contribution is 2.40. The van der Waals surface area contributed by atoms with Gasteiger partial charge in [-0.15, -0.1) is 11.3 Å². The number of carbonyl (C=O) groups excluding carboxylic acids is 1. The zero-order chi connectivity index (χ0) is 22.9. The summed E-state index contributed by atoms with van der Waals surface area (Å²) < 4.78 is 23.6. The van der Waals surface area contributed by atoms with Crippen LogP contribution in [-0.2, 0) is 0 Å². The van der Waals surface area contributed by atoms with Crippen LogP contribution in [0.25, 0.3) is 32.4 Å². The highest BCUT2D eigenvalue weighted by atomic mass is 32.1. The lowest BCUT2D eigenvalue weighted by Crippen LogP contribution is -2.16. The minimum Gasteiger partial charge on any atom is -0.493 e. The van der Waals surface area contributed by atoms with Gasteiger partial charge in [-0.2, -0.15) is 0 Å². The van der Waals surface area contributed by atoms with Crippen LogP contribution in [-0.4, -0.2) is 20.2 Å². The third-order valence-electron chi connectivity index (χ3n) is 5.28. The van der Waals surface area contributed by atoms with Crippen LogP contribution in [0.1, 0.15) is 10.4 Å². The van der Waals surface area contributed by atoms with Gasteiger partial charge in [0.2, 0.25) is 11.2 Å². The van der Waals surface area contributed by atoms with Crippen molar-refractivity contribution in [2.24, 2.45) is 0 Å². The van der Waals surface area contributed by atoms with Crippen molar-refractivity contribution in [3.05, 3.63) is 87.9 Å². The largest absolute Gasteiger partial charge is 0.493 e. The standard InChI is InChI=1S/C26H18O6S/c1-29-20-12-17-19(13-21(20)30-2)31-24(18-14-33-22-11-7-6-10-16(18)22)25(23(17)27)32-26(28)15-8-4-3-5-9-15/h3-14H,1-2H3. The molecule has 7 heteroatoms. The monoisotopic (exact) mass is 458 g/mol. The molecule has 0 saturated heterocycles. The SMILES string of the molecule is COc1cc2oc(-c3csc4ccccc34)c(OC(=O)c3ccccc3)c(=O)c2cc1OC. The van der Waals surface area contributed by atoms with Crippen molar-refractivity contribution in [2.75, 3.05) is 14.2 Å². The Bertz CT molecular complexity index is 1550. The van der Waals surface area contributed by atoms with Crippen molar-refractivity contribution in [3.8, 4) is 28.6 Å². The number of benzene rings is 3. The van der Waals surface area contributed by atoms with Gasteiger partial charge in [-0.05, 0) is 24.3 Å². The Hall–Kier alpha value is -4.10. The molecule has 3 aromatic carbocycles. The Morgan fingerprint density at radius 2 is 1.58 bits per heavy atom. The predicted molar refractivity (Wildman–Crippen MR) is 128 cm³/mol. The molecule has 0 N–H and O–H groups in total. The van der Waals surface area contributed by atoms with Gasteiger partial charge in [0.05, 0.1) is 25.2 Å². The van der Waals surface area contributed by atoms with Gasteiger partial charge in [0.15, 0.2) is 17.3 Å². The molecule has 0 aliphatic rings. The number of fused-ring (bicyclic) bond motifs is 2. The van der Waals surface area contributed by atoms with Crippen LogP contribution in [0.4, 0.5) is 0 Å². The second-order valence-electron chi connectivity index (χ2n) is 7.19. The van der Waals surface area contributed by atoms with Crippen molar-refractivity contribution in [2.45, 2.75) is 0 Å². The van der Waals surface area contributed by atoms with Crippen molar-refractivity contribution in [1.82, 2.24) is 0 Å². The summed E-state index contributed by atoms with van der Waals surface area (Å²) in [5.41, 5.74) is 0.805. The van der Waals surface area contributed by atoms with Gasteiger partial charge < -0.3 is 18.6 Å². The molecule has 0 aliphatic carbocycles. The summed E-state index contributed by atoms with van der Waals surface area (Å²) in [7, 11) is 2.98. The van der Waals surface area contributed by atoms with E-state index in [2.05, 4.69) is 0 Å². The molecule has 0 saturated carbocycles. The lowest BCUT2D eigenvalue weighted by molar-refractivity contribution is 0.0731. The van der Waals surface area contributed by atoms with Crippen LogP contribution < -0.4 is 19.6 Å². The molecule has 5 rings (SSSR count). The molecule has 0 atom stereocenters. The van der Waals surface area contributed by atoms with E-state index in [1.165, 1.54) is 31.6 Å². The molecular weight excluding hydrogens is 440 g/mol. The van der Waals surface area contributed by atoms with Crippen LogP contribution in [0.15, 0.2) is 81.3 Å². The van der Waals surface area contributed by atoms with E-state index < -0.39 is 11.4 Å². The summed E-state index contributed by atoms with van der Waals surface area (Å²) in [5, 5.41) is 2.99. The Morgan fingerprint density at radius 1 is 0.879 bits per heavy atom. The molecule has 0 aliphatic heterocycles. The zero-order valence-electron chi connectivity index (χ0n) is 17.8. The van der Waals surface area contributed by atoms with E-state index >= 15 is 0 Å². The average molecular weight is 458 g/mol. The number of thiophene rings is 1. The third kappa shape index (κ3) is 3.62. The first-order valence-electron chi connectivity index (χ1n) is 10.1.